The number of carbonyl (C=O) groups is 2. The van der Waals surface area contributed by atoms with Gasteiger partial charge in [0.1, 0.15) is 6.42 Å². The van der Waals surface area contributed by atoms with Crippen LogP contribution in [0.4, 0.5) is 14.5 Å². The largest absolute Gasteiger partial charge is 0.375 e. The number of nitrogens with zero attached hydrogens (tertiary/aromatic N) is 4. The molecule has 2 aromatic carbocycles. The minimum Gasteiger partial charge on any atom is -0.375 e. The first-order valence-electron chi connectivity index (χ1n) is 12.3. The number of fused-ring (bicyclic) bond motifs is 1. The zero-order chi connectivity index (χ0) is 25.7. The number of anilines is 1. The van der Waals surface area contributed by atoms with Gasteiger partial charge in [-0.2, -0.15) is 0 Å². The summed E-state index contributed by atoms with van der Waals surface area (Å²) < 4.78 is 27.3. The smallest absolute Gasteiger partial charge is 0.306 e. The van der Waals surface area contributed by atoms with Gasteiger partial charge in [0.2, 0.25) is 5.91 Å². The minimum atomic E-state index is -3.09. The number of hydrogen-bond donors (Lipinski definition) is 2. The van der Waals surface area contributed by atoms with Gasteiger partial charge >= 0.3 is 6.17 Å². The molecule has 192 valence electrons. The summed E-state index contributed by atoms with van der Waals surface area (Å²) in [6.45, 7) is 12.0. The second kappa shape index (κ2) is 11.2. The summed E-state index contributed by atoms with van der Waals surface area (Å²) in [4.78, 5) is 34.1. The van der Waals surface area contributed by atoms with Gasteiger partial charge in [-0.25, -0.2) is 15.4 Å². The van der Waals surface area contributed by atoms with E-state index in [2.05, 4.69) is 25.3 Å². The van der Waals surface area contributed by atoms with Crippen molar-refractivity contribution in [3.05, 3.63) is 53.4 Å². The van der Waals surface area contributed by atoms with Gasteiger partial charge in [0, 0.05) is 51.0 Å². The molecule has 4 rings (SSSR count). The third-order valence-electron chi connectivity index (χ3n) is 6.84. The quantitative estimate of drug-likeness (QED) is 0.547. The number of hydrogen-bond acceptors (Lipinski definition) is 5. The number of carbonyl (C=O) groups excluding carboxylic acids is 2. The summed E-state index contributed by atoms with van der Waals surface area (Å²) in [5.74, 6) is -4.23. The molecule has 0 aliphatic carbocycles. The lowest BCUT2D eigenvalue weighted by molar-refractivity contribution is -0.131. The van der Waals surface area contributed by atoms with Crippen molar-refractivity contribution >= 4 is 28.3 Å². The topological polar surface area (TPSA) is 72.3 Å². The molecule has 2 heterocycles. The van der Waals surface area contributed by atoms with E-state index in [9.17, 15) is 18.4 Å². The Morgan fingerprint density at radius 2 is 2.03 bits per heavy atom. The van der Waals surface area contributed by atoms with E-state index in [-0.39, 0.29) is 0 Å². The van der Waals surface area contributed by atoms with Gasteiger partial charge in [0.05, 0.1) is 13.1 Å². The van der Waals surface area contributed by atoms with Crippen LogP contribution in [0.1, 0.15) is 23.2 Å². The van der Waals surface area contributed by atoms with E-state index in [4.69, 9.17) is 6.57 Å². The lowest BCUT2D eigenvalue weighted by Crippen LogP contribution is -2.44. The van der Waals surface area contributed by atoms with Crippen LogP contribution in [0.2, 0.25) is 0 Å². The van der Waals surface area contributed by atoms with Crippen LogP contribution in [-0.4, -0.2) is 93.1 Å². The third kappa shape index (κ3) is 6.09. The maximum Gasteiger partial charge on any atom is 0.306 e. The number of piperazine rings is 1. The molecule has 0 radical (unpaired) electrons. The highest BCUT2D eigenvalue weighted by Crippen LogP contribution is 2.32. The van der Waals surface area contributed by atoms with E-state index in [1.807, 2.05) is 31.3 Å². The number of alkyl halides is 2. The van der Waals surface area contributed by atoms with Crippen LogP contribution < -0.4 is 15.5 Å². The van der Waals surface area contributed by atoms with E-state index in [0.29, 0.717) is 5.56 Å². The molecule has 0 saturated carbocycles. The Morgan fingerprint density at radius 3 is 2.78 bits per heavy atom. The normalized spacial score (nSPS) is 19.7. The number of amides is 2. The highest BCUT2D eigenvalue weighted by molar-refractivity contribution is 6.08. The molecule has 0 bridgehead atoms. The predicted molar refractivity (Wildman–Crippen MR) is 135 cm³/mol. The summed E-state index contributed by atoms with van der Waals surface area (Å²) in [6, 6.07) is 11.3. The summed E-state index contributed by atoms with van der Waals surface area (Å²) in [7, 11) is 2.03. The van der Waals surface area contributed by atoms with Gasteiger partial charge in [-0.05, 0) is 41.9 Å². The molecule has 2 amide bonds. The van der Waals surface area contributed by atoms with Crippen LogP contribution in [0.15, 0.2) is 36.4 Å². The van der Waals surface area contributed by atoms with Crippen LogP contribution in [0, 0.1) is 6.57 Å². The molecular formula is C26H32F2N6O2. The Morgan fingerprint density at radius 1 is 1.25 bits per heavy atom. The van der Waals surface area contributed by atoms with Gasteiger partial charge in [0.25, 0.3) is 11.8 Å². The van der Waals surface area contributed by atoms with Crippen molar-refractivity contribution in [2.24, 2.45) is 0 Å². The van der Waals surface area contributed by atoms with Crippen molar-refractivity contribution in [1.29, 1.82) is 0 Å². The highest BCUT2D eigenvalue weighted by Gasteiger charge is 2.50. The number of rotatable bonds is 8. The Kier molecular flexibility index (Phi) is 8.01. The molecule has 2 aliphatic heterocycles. The second-order valence-electron chi connectivity index (χ2n) is 9.45. The van der Waals surface area contributed by atoms with E-state index in [1.165, 1.54) is 0 Å². The standard InChI is InChI=1S/C26H32F2N6O2/c1-29-23-16-26(27,28)18-34(23)24(35)17-31-25(36)21-6-3-5-19-7-8-20(15-22(19)21)32(2)11-4-12-33-13-9-30-10-14-33/h3,5-8,15,23,30H,4,9-14,16-18H2,2H3,(H,31,36)/t23-/m0/s1. The maximum atomic E-state index is 13.7. The van der Waals surface area contributed by atoms with Crippen molar-refractivity contribution in [2.45, 2.75) is 24.9 Å². The van der Waals surface area contributed by atoms with Crippen molar-refractivity contribution in [2.75, 3.05) is 64.3 Å². The van der Waals surface area contributed by atoms with Crippen molar-refractivity contribution in [1.82, 2.24) is 20.4 Å². The first-order valence-corrected chi connectivity index (χ1v) is 12.3. The second-order valence-corrected chi connectivity index (χ2v) is 9.45. The van der Waals surface area contributed by atoms with Crippen LogP contribution >= 0.6 is 0 Å². The third-order valence-corrected chi connectivity index (χ3v) is 6.84. The average Bonchev–Trinajstić information content (AvgIpc) is 3.21. The molecule has 0 spiro atoms. The molecule has 36 heavy (non-hydrogen) atoms. The van der Waals surface area contributed by atoms with E-state index >= 15 is 0 Å². The zero-order valence-corrected chi connectivity index (χ0v) is 20.5. The molecule has 10 heteroatoms. The first kappa shape index (κ1) is 25.8. The van der Waals surface area contributed by atoms with Crippen LogP contribution in [0.25, 0.3) is 15.6 Å². The minimum absolute atomic E-state index is 0.407. The summed E-state index contributed by atoms with van der Waals surface area (Å²) in [6.07, 6.45) is -0.850. The van der Waals surface area contributed by atoms with Gasteiger partial charge in [-0.1, -0.05) is 18.2 Å². The van der Waals surface area contributed by atoms with Crippen molar-refractivity contribution < 1.29 is 18.4 Å². The van der Waals surface area contributed by atoms with E-state index in [1.54, 1.807) is 12.1 Å². The average molecular weight is 499 g/mol. The SMILES string of the molecule is [C-]#[N+][C@@H]1CC(F)(F)CN1C(=O)CNC(=O)c1cccc2ccc(N(C)CCCN3CCNCC3)cc12. The van der Waals surface area contributed by atoms with Gasteiger partial charge in [-0.3, -0.25) is 19.3 Å². The summed E-state index contributed by atoms with van der Waals surface area (Å²) in [5.41, 5.74) is 1.39. The molecule has 0 aromatic heterocycles. The molecule has 2 N–H and O–H groups in total. The fourth-order valence-electron chi connectivity index (χ4n) is 4.81. The Balaban J connectivity index is 1.39. The monoisotopic (exact) mass is 498 g/mol. The number of benzene rings is 2. The van der Waals surface area contributed by atoms with Gasteiger partial charge < -0.3 is 20.4 Å². The summed E-state index contributed by atoms with van der Waals surface area (Å²) in [5, 5.41) is 7.56. The van der Waals surface area contributed by atoms with E-state index < -0.39 is 43.4 Å². The highest BCUT2D eigenvalue weighted by atomic mass is 19.3. The van der Waals surface area contributed by atoms with Crippen LogP contribution in [-0.2, 0) is 4.79 Å². The molecule has 8 nitrogen and oxygen atoms in total. The first-order chi connectivity index (χ1) is 17.3. The number of halogens is 2. The van der Waals surface area contributed by atoms with Crippen LogP contribution in [0.5, 0.6) is 0 Å². The maximum absolute atomic E-state index is 13.7. The Labute approximate surface area is 210 Å². The van der Waals surface area contributed by atoms with Crippen LogP contribution in [0.3, 0.4) is 0 Å². The molecular weight excluding hydrogens is 466 g/mol. The van der Waals surface area contributed by atoms with Gasteiger partial charge in [0.15, 0.2) is 0 Å². The number of nitrogens with one attached hydrogen (secondary N) is 2. The van der Waals surface area contributed by atoms with Crippen molar-refractivity contribution in [3.8, 4) is 0 Å². The fraction of sp³-hybridized carbons (Fsp3) is 0.500. The lowest BCUT2D eigenvalue weighted by Gasteiger charge is -2.28. The fourth-order valence-corrected chi connectivity index (χ4v) is 4.81. The van der Waals surface area contributed by atoms with E-state index in [0.717, 1.165) is 67.0 Å². The van der Waals surface area contributed by atoms with Gasteiger partial charge in [-0.15, -0.1) is 0 Å². The lowest BCUT2D eigenvalue weighted by atomic mass is 10.0. The molecule has 2 fully saturated rings. The molecule has 2 aliphatic rings. The number of likely N-dealkylation sites (tertiary alicyclic amines) is 1. The Hall–Kier alpha value is -3.29. The molecule has 2 aromatic rings. The molecule has 2 saturated heterocycles. The molecule has 0 unspecified atom stereocenters. The predicted octanol–water partition coefficient (Wildman–Crippen LogP) is 2.41. The Bertz CT molecular complexity index is 1140. The summed E-state index contributed by atoms with van der Waals surface area (Å²) >= 11 is 0. The molecule has 1 atom stereocenters. The zero-order valence-electron chi connectivity index (χ0n) is 20.5. The van der Waals surface area contributed by atoms with Crippen molar-refractivity contribution in [3.63, 3.8) is 0 Å².